The van der Waals surface area contributed by atoms with Gasteiger partial charge in [-0.15, -0.1) is 11.3 Å². The lowest BCUT2D eigenvalue weighted by Crippen LogP contribution is -2.04. The number of nitrogens with two attached hydrogens (primary N) is 1. The lowest BCUT2D eigenvalue weighted by molar-refractivity contribution is 0.790. The van der Waals surface area contributed by atoms with E-state index >= 15 is 0 Å². The summed E-state index contributed by atoms with van der Waals surface area (Å²) in [5, 5.41) is 4.15. The highest BCUT2D eigenvalue weighted by Gasteiger charge is 2.10. The molecule has 0 radical (unpaired) electrons. The highest BCUT2D eigenvalue weighted by Crippen LogP contribution is 2.30. The molecule has 0 aliphatic carbocycles. The Balaban J connectivity index is 2.18. The molecule has 0 amide bonds. The molecule has 3 nitrogen and oxygen atoms in total. The summed E-state index contributed by atoms with van der Waals surface area (Å²) in [5.74, 6) is 0. The van der Waals surface area contributed by atoms with Gasteiger partial charge in [0.2, 0.25) is 0 Å². The Morgan fingerprint density at radius 3 is 2.83 bits per heavy atom. The smallest absolute Gasteiger partial charge is 0.124 e. The average Bonchev–Trinajstić information content (AvgIpc) is 2.87. The minimum atomic E-state index is -0.0249. The number of thiazole rings is 1. The quantitative estimate of drug-likeness (QED) is 0.763. The number of hydrogen-bond acceptors (Lipinski definition) is 4. The summed E-state index contributed by atoms with van der Waals surface area (Å²) in [7, 11) is 0. The minimum absolute atomic E-state index is 0.0249. The first kappa shape index (κ1) is 11.3. The molecule has 0 saturated carbocycles. The third-order valence-corrected chi connectivity index (χ3v) is 3.76. The molecule has 4 heteroatoms. The van der Waals surface area contributed by atoms with Gasteiger partial charge in [0.25, 0.3) is 0 Å². The van der Waals surface area contributed by atoms with Gasteiger partial charge < -0.3 is 5.73 Å². The third kappa shape index (κ3) is 1.89. The summed E-state index contributed by atoms with van der Waals surface area (Å²) < 4.78 is 0. The molecule has 0 fully saturated rings. The zero-order valence-electron chi connectivity index (χ0n) is 10.00. The third-order valence-electron chi connectivity index (χ3n) is 2.87. The molecule has 3 rings (SSSR count). The van der Waals surface area contributed by atoms with E-state index in [1.165, 1.54) is 0 Å². The number of nitrogens with zero attached hydrogens (tertiary/aromatic N) is 2. The first-order valence-corrected chi connectivity index (χ1v) is 6.69. The summed E-state index contributed by atoms with van der Waals surface area (Å²) in [5.41, 5.74) is 8.91. The summed E-state index contributed by atoms with van der Waals surface area (Å²) in [4.78, 5) is 8.96. The fourth-order valence-corrected chi connectivity index (χ4v) is 2.86. The Kier molecular flexibility index (Phi) is 2.81. The fourth-order valence-electron chi connectivity index (χ4n) is 1.90. The monoisotopic (exact) mass is 255 g/mol. The molecule has 18 heavy (non-hydrogen) atoms. The molecule has 2 heterocycles. The second kappa shape index (κ2) is 4.48. The van der Waals surface area contributed by atoms with Crippen LogP contribution in [0.5, 0.6) is 0 Å². The van der Waals surface area contributed by atoms with Gasteiger partial charge in [0.15, 0.2) is 0 Å². The van der Waals surface area contributed by atoms with E-state index in [9.17, 15) is 0 Å². The van der Waals surface area contributed by atoms with Crippen molar-refractivity contribution in [2.45, 2.75) is 13.0 Å². The van der Waals surface area contributed by atoms with Gasteiger partial charge >= 0.3 is 0 Å². The molecule has 0 spiro atoms. The summed E-state index contributed by atoms with van der Waals surface area (Å²) in [6.07, 6.45) is 1.82. The van der Waals surface area contributed by atoms with Gasteiger partial charge in [-0.2, -0.15) is 0 Å². The molecular formula is C14H13N3S. The van der Waals surface area contributed by atoms with Gasteiger partial charge in [0.1, 0.15) is 5.01 Å². The Hall–Kier alpha value is -1.78. The predicted molar refractivity (Wildman–Crippen MR) is 75.5 cm³/mol. The molecule has 1 atom stereocenters. The fraction of sp³-hybridized carbons (Fsp3) is 0.143. The highest BCUT2D eigenvalue weighted by molar-refractivity contribution is 7.13. The van der Waals surface area contributed by atoms with E-state index in [1.54, 1.807) is 11.3 Å². The molecule has 0 aliphatic heterocycles. The number of aromatic nitrogens is 2. The maximum Gasteiger partial charge on any atom is 0.124 e. The van der Waals surface area contributed by atoms with Crippen LogP contribution in [0, 0.1) is 0 Å². The van der Waals surface area contributed by atoms with Crippen LogP contribution in [0.15, 0.2) is 41.9 Å². The normalized spacial score (nSPS) is 12.8. The van der Waals surface area contributed by atoms with E-state index < -0.39 is 0 Å². The van der Waals surface area contributed by atoms with E-state index in [2.05, 4.69) is 16.0 Å². The van der Waals surface area contributed by atoms with Crippen molar-refractivity contribution < 1.29 is 0 Å². The van der Waals surface area contributed by atoms with Crippen LogP contribution < -0.4 is 5.73 Å². The molecule has 1 aromatic carbocycles. The summed E-state index contributed by atoms with van der Waals surface area (Å²) in [6, 6.07) is 10.1. The second-order valence-corrected chi connectivity index (χ2v) is 5.10. The van der Waals surface area contributed by atoms with Crippen molar-refractivity contribution in [1.82, 2.24) is 9.97 Å². The predicted octanol–water partition coefficient (Wildman–Crippen LogP) is 3.38. The van der Waals surface area contributed by atoms with E-state index in [0.717, 1.165) is 27.2 Å². The molecule has 2 aromatic heterocycles. The zero-order chi connectivity index (χ0) is 12.5. The van der Waals surface area contributed by atoms with Crippen LogP contribution in [-0.4, -0.2) is 9.97 Å². The molecule has 2 N–H and O–H groups in total. The maximum atomic E-state index is 5.85. The van der Waals surface area contributed by atoms with Crippen LogP contribution >= 0.6 is 11.3 Å². The largest absolute Gasteiger partial charge is 0.323 e. The molecule has 0 saturated heterocycles. The number of pyridine rings is 1. The standard InChI is InChI=1S/C14H13N3S/c1-9(15)13-8-18-14(17-13)11-6-7-16-12-5-3-2-4-10(11)12/h2-9H,15H2,1H3. The summed E-state index contributed by atoms with van der Waals surface area (Å²) in [6.45, 7) is 1.95. The van der Waals surface area contributed by atoms with E-state index in [-0.39, 0.29) is 6.04 Å². The van der Waals surface area contributed by atoms with Gasteiger partial charge in [-0.3, -0.25) is 4.98 Å². The van der Waals surface area contributed by atoms with Gasteiger partial charge in [0, 0.05) is 28.6 Å². The lowest BCUT2D eigenvalue weighted by atomic mass is 10.1. The van der Waals surface area contributed by atoms with Gasteiger partial charge in [0.05, 0.1) is 11.2 Å². The van der Waals surface area contributed by atoms with Crippen molar-refractivity contribution in [3.05, 3.63) is 47.6 Å². The molecule has 90 valence electrons. The van der Waals surface area contributed by atoms with Crippen molar-refractivity contribution in [1.29, 1.82) is 0 Å². The Labute approximate surface area is 109 Å². The Bertz CT molecular complexity index is 683. The minimum Gasteiger partial charge on any atom is -0.323 e. The van der Waals surface area contributed by atoms with Crippen LogP contribution in [0.3, 0.4) is 0 Å². The van der Waals surface area contributed by atoms with E-state index in [4.69, 9.17) is 5.73 Å². The van der Waals surface area contributed by atoms with Gasteiger partial charge in [-0.1, -0.05) is 18.2 Å². The van der Waals surface area contributed by atoms with Crippen molar-refractivity contribution in [2.24, 2.45) is 5.73 Å². The van der Waals surface area contributed by atoms with Crippen LogP contribution in [0.1, 0.15) is 18.7 Å². The Morgan fingerprint density at radius 1 is 1.22 bits per heavy atom. The van der Waals surface area contributed by atoms with Crippen molar-refractivity contribution in [3.8, 4) is 10.6 Å². The first-order valence-electron chi connectivity index (χ1n) is 5.81. The number of rotatable bonds is 2. The van der Waals surface area contributed by atoms with Crippen molar-refractivity contribution in [2.75, 3.05) is 0 Å². The van der Waals surface area contributed by atoms with E-state index in [0.29, 0.717) is 0 Å². The zero-order valence-corrected chi connectivity index (χ0v) is 10.8. The first-order chi connectivity index (χ1) is 8.75. The van der Waals surface area contributed by atoms with Crippen molar-refractivity contribution >= 4 is 22.2 Å². The number of hydrogen-bond donors (Lipinski definition) is 1. The van der Waals surface area contributed by atoms with Gasteiger partial charge in [-0.05, 0) is 19.1 Å². The van der Waals surface area contributed by atoms with Crippen LogP contribution in [0.2, 0.25) is 0 Å². The second-order valence-electron chi connectivity index (χ2n) is 4.24. The van der Waals surface area contributed by atoms with E-state index in [1.807, 2.05) is 42.8 Å². The molecular weight excluding hydrogens is 242 g/mol. The van der Waals surface area contributed by atoms with Crippen LogP contribution in [-0.2, 0) is 0 Å². The SMILES string of the molecule is CC(N)c1csc(-c2ccnc3ccccc23)n1. The molecule has 0 bridgehead atoms. The molecule has 3 aromatic rings. The molecule has 1 unspecified atom stereocenters. The van der Waals surface area contributed by atoms with Crippen LogP contribution in [0.25, 0.3) is 21.5 Å². The number of para-hydroxylation sites is 1. The molecule has 0 aliphatic rings. The maximum absolute atomic E-state index is 5.85. The van der Waals surface area contributed by atoms with Gasteiger partial charge in [-0.25, -0.2) is 4.98 Å². The average molecular weight is 255 g/mol. The highest BCUT2D eigenvalue weighted by atomic mass is 32.1. The summed E-state index contributed by atoms with van der Waals surface area (Å²) >= 11 is 1.63. The number of fused-ring (bicyclic) bond motifs is 1. The lowest BCUT2D eigenvalue weighted by Gasteiger charge is -2.02. The topological polar surface area (TPSA) is 51.8 Å². The van der Waals surface area contributed by atoms with Crippen LogP contribution in [0.4, 0.5) is 0 Å². The van der Waals surface area contributed by atoms with Crippen molar-refractivity contribution in [3.63, 3.8) is 0 Å². The Morgan fingerprint density at radius 2 is 2.06 bits per heavy atom. The number of benzene rings is 1.